The molecule has 2 atom stereocenters. The highest BCUT2D eigenvalue weighted by Gasteiger charge is 2.38. The molecule has 1 unspecified atom stereocenters. The van der Waals surface area contributed by atoms with E-state index in [1.54, 1.807) is 10.9 Å². The lowest BCUT2D eigenvalue weighted by atomic mass is 9.97. The van der Waals surface area contributed by atoms with Gasteiger partial charge in [-0.15, -0.1) is 0 Å². The molecule has 2 aromatic rings. The first-order chi connectivity index (χ1) is 14.1. The van der Waals surface area contributed by atoms with E-state index in [0.29, 0.717) is 17.3 Å². The second kappa shape index (κ2) is 7.96. The summed E-state index contributed by atoms with van der Waals surface area (Å²) in [6, 6.07) is 1.21. The van der Waals surface area contributed by atoms with Gasteiger partial charge in [-0.25, -0.2) is 13.2 Å². The Balaban J connectivity index is 2.12. The number of nitrogens with one attached hydrogen (secondary N) is 1. The first kappa shape index (κ1) is 23.9. The summed E-state index contributed by atoms with van der Waals surface area (Å²) in [5.41, 5.74) is 0.524. The van der Waals surface area contributed by atoms with Crippen LogP contribution >= 0.6 is 0 Å². The predicted molar refractivity (Wildman–Crippen MR) is 121 cm³/mol. The molecule has 1 fully saturated rings. The van der Waals surface area contributed by atoms with Gasteiger partial charge in [-0.05, 0) is 81.8 Å². The summed E-state index contributed by atoms with van der Waals surface area (Å²) in [5, 5.41) is 7.87. The van der Waals surface area contributed by atoms with E-state index in [9.17, 15) is 17.4 Å². The quantitative estimate of drug-likeness (QED) is 0.479. The van der Waals surface area contributed by atoms with Gasteiger partial charge >= 0.3 is 0 Å². The third-order valence-electron chi connectivity index (χ3n) is 5.78. The number of rotatable bonds is 6. The first-order valence-electron chi connectivity index (χ1n) is 10.4. The summed E-state index contributed by atoms with van der Waals surface area (Å²) in [4.78, 5) is 0. The van der Waals surface area contributed by atoms with Crippen LogP contribution in [0.4, 0.5) is 13.2 Å². The van der Waals surface area contributed by atoms with Gasteiger partial charge in [0.1, 0.15) is 5.82 Å². The van der Waals surface area contributed by atoms with E-state index in [1.165, 1.54) is 0 Å². The van der Waals surface area contributed by atoms with Crippen LogP contribution in [0.3, 0.4) is 0 Å². The molecule has 0 bridgehead atoms. The highest BCUT2D eigenvalue weighted by molar-refractivity contribution is 8.01. The topological polar surface area (TPSA) is 46.9 Å². The Labute approximate surface area is 183 Å². The minimum Gasteiger partial charge on any atom is -0.299 e. The minimum absolute atomic E-state index is 0.0417. The van der Waals surface area contributed by atoms with Gasteiger partial charge in [0.15, 0.2) is 11.6 Å². The van der Waals surface area contributed by atoms with Gasteiger partial charge in [0.2, 0.25) is 0 Å². The maximum Gasteiger partial charge on any atom is 0.161 e. The van der Waals surface area contributed by atoms with Crippen LogP contribution in [0, 0.1) is 23.4 Å². The summed E-state index contributed by atoms with van der Waals surface area (Å²) in [6.07, 6.45) is 3.58. The second-order valence-corrected chi connectivity index (χ2v) is 13.5. The Hall–Kier alpha value is -1.80. The fourth-order valence-corrected chi connectivity index (χ4v) is 4.35. The summed E-state index contributed by atoms with van der Waals surface area (Å²) >= 11 is 0. The number of aromatic nitrogens is 2. The molecule has 31 heavy (non-hydrogen) atoms. The third-order valence-corrected chi connectivity index (χ3v) is 8.64. The van der Waals surface area contributed by atoms with Crippen LogP contribution in [0.2, 0.25) is 0 Å². The fraction of sp³-hybridized carbons (Fsp3) is 0.565. The molecule has 0 saturated heterocycles. The van der Waals surface area contributed by atoms with Gasteiger partial charge in [0.25, 0.3) is 0 Å². The average Bonchev–Trinajstić information content (AvgIpc) is 3.34. The lowest BCUT2D eigenvalue weighted by Crippen LogP contribution is -2.38. The van der Waals surface area contributed by atoms with Crippen LogP contribution in [0.25, 0.3) is 11.3 Å². The van der Waals surface area contributed by atoms with E-state index in [1.807, 2.05) is 41.5 Å². The van der Waals surface area contributed by atoms with Gasteiger partial charge in [0.05, 0.1) is 23.3 Å². The van der Waals surface area contributed by atoms with E-state index >= 15 is 0 Å². The number of nitrogens with zero attached hydrogens (tertiary/aromatic N) is 2. The SMILES string of the molecule is C=S(=O)(CN[C@@H](c1cnn(C(C)(C)C)c1-c1cc(F)c(F)cc1F)C1CC1)C(C)(C)C. The Bertz CT molecular complexity index is 1070. The molecule has 1 aliphatic rings. The monoisotopic (exact) mass is 455 g/mol. The van der Waals surface area contributed by atoms with Gasteiger partial charge in [0, 0.05) is 28.0 Å². The molecule has 1 heterocycles. The average molecular weight is 456 g/mol. The van der Waals surface area contributed by atoms with E-state index in [0.717, 1.165) is 18.9 Å². The number of halogens is 3. The summed E-state index contributed by atoms with van der Waals surface area (Å²) in [7, 11) is -2.45. The van der Waals surface area contributed by atoms with E-state index in [4.69, 9.17) is 0 Å². The Morgan fingerprint density at radius 3 is 2.23 bits per heavy atom. The molecule has 0 radical (unpaired) electrons. The van der Waals surface area contributed by atoms with Gasteiger partial charge in [-0.2, -0.15) is 5.10 Å². The number of hydrogen-bond donors (Lipinski definition) is 1. The molecule has 4 nitrogen and oxygen atoms in total. The molecular formula is C23H32F3N3OS. The molecule has 0 spiro atoms. The minimum atomic E-state index is -2.45. The lowest BCUT2D eigenvalue weighted by Gasteiger charge is -2.28. The highest BCUT2D eigenvalue weighted by Crippen LogP contribution is 2.45. The van der Waals surface area contributed by atoms with Crippen LogP contribution in [0.5, 0.6) is 0 Å². The van der Waals surface area contributed by atoms with Crippen molar-refractivity contribution in [2.45, 2.75) is 70.7 Å². The van der Waals surface area contributed by atoms with Crippen molar-refractivity contribution in [1.82, 2.24) is 15.1 Å². The van der Waals surface area contributed by atoms with Crippen molar-refractivity contribution in [2.75, 3.05) is 5.88 Å². The fourth-order valence-electron chi connectivity index (χ4n) is 3.47. The summed E-state index contributed by atoms with van der Waals surface area (Å²) in [5.74, 6) is 1.20. The Kier molecular flexibility index (Phi) is 6.12. The molecule has 1 N–H and O–H groups in total. The van der Waals surface area contributed by atoms with E-state index in [2.05, 4.69) is 16.3 Å². The van der Waals surface area contributed by atoms with Crippen molar-refractivity contribution >= 4 is 15.4 Å². The maximum absolute atomic E-state index is 14.8. The lowest BCUT2D eigenvalue weighted by molar-refractivity contribution is 0.358. The zero-order valence-corrected chi connectivity index (χ0v) is 19.9. The predicted octanol–water partition coefficient (Wildman–Crippen LogP) is 5.24. The third kappa shape index (κ3) is 4.85. The summed E-state index contributed by atoms with van der Waals surface area (Å²) in [6.45, 7) is 11.4. The van der Waals surface area contributed by atoms with Crippen molar-refractivity contribution < 1.29 is 17.4 Å². The van der Waals surface area contributed by atoms with Crippen LogP contribution in [0.1, 0.15) is 66.0 Å². The zero-order valence-electron chi connectivity index (χ0n) is 19.1. The van der Waals surface area contributed by atoms with Crippen LogP contribution < -0.4 is 5.32 Å². The second-order valence-electron chi connectivity index (χ2n) is 10.4. The van der Waals surface area contributed by atoms with Gasteiger partial charge < -0.3 is 0 Å². The van der Waals surface area contributed by atoms with Gasteiger partial charge in [-0.1, -0.05) is 0 Å². The molecule has 172 valence electrons. The molecule has 1 saturated carbocycles. The normalized spacial score (nSPS) is 18.1. The number of hydrogen-bond acceptors (Lipinski definition) is 3. The number of benzene rings is 1. The maximum atomic E-state index is 14.8. The van der Waals surface area contributed by atoms with Crippen LogP contribution in [-0.4, -0.2) is 30.5 Å². The van der Waals surface area contributed by atoms with Crippen molar-refractivity contribution in [3.63, 3.8) is 0 Å². The molecule has 0 amide bonds. The van der Waals surface area contributed by atoms with Gasteiger partial charge in [-0.3, -0.25) is 14.2 Å². The molecule has 3 rings (SSSR count). The van der Waals surface area contributed by atoms with Crippen molar-refractivity contribution in [2.24, 2.45) is 5.92 Å². The molecule has 0 aliphatic heterocycles. The first-order valence-corrected chi connectivity index (χ1v) is 12.3. The molecular weight excluding hydrogens is 423 g/mol. The molecule has 1 aromatic heterocycles. The van der Waals surface area contributed by atoms with Crippen molar-refractivity contribution in [3.8, 4) is 11.3 Å². The Morgan fingerprint density at radius 2 is 1.71 bits per heavy atom. The molecule has 1 aliphatic carbocycles. The highest BCUT2D eigenvalue weighted by atomic mass is 32.2. The van der Waals surface area contributed by atoms with E-state index < -0.39 is 37.3 Å². The smallest absolute Gasteiger partial charge is 0.161 e. The van der Waals surface area contributed by atoms with Crippen molar-refractivity contribution in [1.29, 1.82) is 0 Å². The van der Waals surface area contributed by atoms with E-state index in [-0.39, 0.29) is 23.4 Å². The summed E-state index contributed by atoms with van der Waals surface area (Å²) < 4.78 is 56.8. The Morgan fingerprint density at radius 1 is 1.13 bits per heavy atom. The van der Waals surface area contributed by atoms with Crippen LogP contribution in [-0.2, 0) is 15.1 Å². The largest absolute Gasteiger partial charge is 0.299 e. The standard InChI is InChI=1S/C23H32F3N3OS/c1-22(2,3)29-21(15-10-18(25)19(26)11-17(15)24)16(12-28-29)20(14-8-9-14)27-13-31(7,30)23(4,5)6/h10-12,14,20,27H,7-9,13H2,1-6H3/t20-,31?/m1/s1. The molecule has 8 heteroatoms. The zero-order chi connectivity index (χ0) is 23.4. The molecule has 1 aromatic carbocycles. The van der Waals surface area contributed by atoms with Crippen molar-refractivity contribution in [3.05, 3.63) is 41.3 Å². The van der Waals surface area contributed by atoms with Crippen LogP contribution in [0.15, 0.2) is 18.3 Å².